The highest BCUT2D eigenvalue weighted by molar-refractivity contribution is 4.93. The maximum atomic E-state index is 12.3. The highest BCUT2D eigenvalue weighted by Gasteiger charge is 2.46. The van der Waals surface area contributed by atoms with Crippen LogP contribution in [0.3, 0.4) is 0 Å². The fourth-order valence-corrected chi connectivity index (χ4v) is 1.18. The van der Waals surface area contributed by atoms with E-state index in [2.05, 4.69) is 0 Å². The first-order valence-electron chi connectivity index (χ1n) is 3.59. The average Bonchev–Trinajstić information content (AvgIpc) is 2.67. The summed E-state index contributed by atoms with van der Waals surface area (Å²) in [5.41, 5.74) is 4.37. The summed E-state index contributed by atoms with van der Waals surface area (Å²) in [7, 11) is 0. The van der Waals surface area contributed by atoms with Gasteiger partial charge >= 0.3 is 0 Å². The molecule has 10 heavy (non-hydrogen) atoms. The third kappa shape index (κ3) is 1.15. The van der Waals surface area contributed by atoms with Crippen molar-refractivity contribution < 1.29 is 8.78 Å². The molecule has 0 spiro atoms. The van der Waals surface area contributed by atoms with Gasteiger partial charge in [0.05, 0.1) is 0 Å². The Morgan fingerprint density at radius 3 is 2.20 bits per heavy atom. The lowest BCUT2D eigenvalue weighted by atomic mass is 9.85. The van der Waals surface area contributed by atoms with Gasteiger partial charge in [-0.15, -0.1) is 0 Å². The monoisotopic (exact) mass is 149 g/mol. The Hall–Kier alpha value is -0.180. The molecule has 1 saturated carbocycles. The van der Waals surface area contributed by atoms with Gasteiger partial charge in [-0.1, -0.05) is 6.92 Å². The van der Waals surface area contributed by atoms with Gasteiger partial charge in [0.2, 0.25) is 6.43 Å². The molecule has 60 valence electrons. The molecule has 0 amide bonds. The lowest BCUT2D eigenvalue weighted by Crippen LogP contribution is -2.36. The van der Waals surface area contributed by atoms with Crippen LogP contribution in [0.15, 0.2) is 0 Å². The molecule has 0 heterocycles. The second-order valence-corrected chi connectivity index (χ2v) is 3.28. The summed E-state index contributed by atoms with van der Waals surface area (Å²) in [5.74, 6) is 0.178. The molecule has 1 rings (SSSR count). The van der Waals surface area contributed by atoms with E-state index in [0.29, 0.717) is 0 Å². The summed E-state index contributed by atoms with van der Waals surface area (Å²) >= 11 is 0. The molecule has 1 fully saturated rings. The molecule has 0 aromatic heterocycles. The van der Waals surface area contributed by atoms with Crippen molar-refractivity contribution in [1.29, 1.82) is 0 Å². The largest absolute Gasteiger partial charge is 0.330 e. The zero-order chi connectivity index (χ0) is 7.78. The summed E-state index contributed by atoms with van der Waals surface area (Å²) in [6.45, 7) is 1.69. The topological polar surface area (TPSA) is 26.0 Å². The third-order valence-corrected chi connectivity index (χ3v) is 2.45. The van der Waals surface area contributed by atoms with Crippen LogP contribution in [0.4, 0.5) is 8.78 Å². The molecule has 1 nitrogen and oxygen atoms in total. The summed E-state index contributed by atoms with van der Waals surface area (Å²) in [6, 6.07) is 0. The molecular weight excluding hydrogens is 136 g/mol. The van der Waals surface area contributed by atoms with Crippen LogP contribution >= 0.6 is 0 Å². The molecule has 1 atom stereocenters. The Balaban J connectivity index is 2.56. The normalized spacial score (nSPS) is 24.9. The van der Waals surface area contributed by atoms with Crippen molar-refractivity contribution in [3.05, 3.63) is 0 Å². The van der Waals surface area contributed by atoms with Crippen molar-refractivity contribution in [3.8, 4) is 0 Å². The molecule has 0 aromatic carbocycles. The molecule has 2 N–H and O–H groups in total. The third-order valence-electron chi connectivity index (χ3n) is 2.45. The second kappa shape index (κ2) is 2.46. The Kier molecular flexibility index (Phi) is 1.95. The molecule has 1 unspecified atom stereocenters. The van der Waals surface area contributed by atoms with Gasteiger partial charge in [-0.2, -0.15) is 0 Å². The van der Waals surface area contributed by atoms with Crippen molar-refractivity contribution in [2.75, 3.05) is 6.54 Å². The summed E-state index contributed by atoms with van der Waals surface area (Å²) < 4.78 is 24.6. The maximum Gasteiger partial charge on any atom is 0.245 e. The number of nitrogens with two attached hydrogens (primary N) is 1. The number of rotatable bonds is 3. The minimum Gasteiger partial charge on any atom is -0.330 e. The van der Waals surface area contributed by atoms with Crippen molar-refractivity contribution in [2.24, 2.45) is 17.1 Å². The zero-order valence-electron chi connectivity index (χ0n) is 6.11. The van der Waals surface area contributed by atoms with Crippen LogP contribution in [0.2, 0.25) is 0 Å². The highest BCUT2D eigenvalue weighted by atomic mass is 19.3. The Bertz CT molecular complexity index is 119. The van der Waals surface area contributed by atoms with E-state index >= 15 is 0 Å². The lowest BCUT2D eigenvalue weighted by molar-refractivity contribution is -0.00222. The minimum atomic E-state index is -2.26. The number of hydrogen-bond acceptors (Lipinski definition) is 1. The van der Waals surface area contributed by atoms with E-state index in [-0.39, 0.29) is 12.5 Å². The van der Waals surface area contributed by atoms with E-state index in [4.69, 9.17) is 5.73 Å². The van der Waals surface area contributed by atoms with Crippen LogP contribution in [0, 0.1) is 11.3 Å². The maximum absolute atomic E-state index is 12.3. The number of alkyl halides is 2. The van der Waals surface area contributed by atoms with Gasteiger partial charge in [-0.3, -0.25) is 0 Å². The molecule has 0 saturated heterocycles. The lowest BCUT2D eigenvalue weighted by Gasteiger charge is -2.26. The van der Waals surface area contributed by atoms with Gasteiger partial charge in [0.15, 0.2) is 0 Å². The van der Waals surface area contributed by atoms with Crippen LogP contribution in [0.25, 0.3) is 0 Å². The molecule has 0 bridgehead atoms. The fraction of sp³-hybridized carbons (Fsp3) is 1.00. The number of halogens is 2. The molecular formula is C7H13F2N. The standard InChI is InChI=1S/C7H13F2N/c1-7(4-10,6(8)9)5-2-3-5/h5-6H,2-4,10H2,1H3. The van der Waals surface area contributed by atoms with Crippen LogP contribution in [0.5, 0.6) is 0 Å². The van der Waals surface area contributed by atoms with Gasteiger partial charge in [0.1, 0.15) is 0 Å². The Labute approximate surface area is 59.6 Å². The van der Waals surface area contributed by atoms with Crippen molar-refractivity contribution in [1.82, 2.24) is 0 Å². The van der Waals surface area contributed by atoms with Crippen LogP contribution in [-0.4, -0.2) is 13.0 Å². The van der Waals surface area contributed by atoms with Gasteiger partial charge in [-0.05, 0) is 18.8 Å². The summed E-state index contributed by atoms with van der Waals surface area (Å²) in [6.07, 6.45) is -0.402. The van der Waals surface area contributed by atoms with E-state index in [1.165, 1.54) is 0 Å². The van der Waals surface area contributed by atoms with Gasteiger partial charge in [0.25, 0.3) is 0 Å². The van der Waals surface area contributed by atoms with E-state index in [0.717, 1.165) is 12.8 Å². The highest BCUT2D eigenvalue weighted by Crippen LogP contribution is 2.48. The first-order chi connectivity index (χ1) is 4.61. The van der Waals surface area contributed by atoms with Crippen molar-refractivity contribution in [3.63, 3.8) is 0 Å². The van der Waals surface area contributed by atoms with Crippen LogP contribution in [-0.2, 0) is 0 Å². The first kappa shape index (κ1) is 7.92. The Morgan fingerprint density at radius 1 is 1.60 bits per heavy atom. The van der Waals surface area contributed by atoms with E-state index in [9.17, 15) is 8.78 Å². The van der Waals surface area contributed by atoms with Gasteiger partial charge < -0.3 is 5.73 Å². The Morgan fingerprint density at radius 2 is 2.10 bits per heavy atom. The first-order valence-corrected chi connectivity index (χ1v) is 3.59. The molecule has 1 aliphatic carbocycles. The second-order valence-electron chi connectivity index (χ2n) is 3.28. The minimum absolute atomic E-state index is 0.106. The average molecular weight is 149 g/mol. The summed E-state index contributed by atoms with van der Waals surface area (Å²) in [4.78, 5) is 0. The molecule has 3 heteroatoms. The van der Waals surface area contributed by atoms with E-state index < -0.39 is 11.8 Å². The molecule has 0 radical (unpaired) electrons. The van der Waals surface area contributed by atoms with Crippen LogP contribution < -0.4 is 5.73 Å². The van der Waals surface area contributed by atoms with E-state index in [1.54, 1.807) is 6.92 Å². The van der Waals surface area contributed by atoms with Crippen molar-refractivity contribution in [2.45, 2.75) is 26.2 Å². The van der Waals surface area contributed by atoms with Crippen LogP contribution in [0.1, 0.15) is 19.8 Å². The fourth-order valence-electron chi connectivity index (χ4n) is 1.18. The van der Waals surface area contributed by atoms with E-state index in [1.807, 2.05) is 0 Å². The predicted molar refractivity (Wildman–Crippen MR) is 35.9 cm³/mol. The predicted octanol–water partition coefficient (Wildman–Crippen LogP) is 1.63. The molecule has 1 aliphatic rings. The van der Waals surface area contributed by atoms with Gasteiger partial charge in [0, 0.05) is 12.0 Å². The quantitative estimate of drug-likeness (QED) is 0.648. The smallest absolute Gasteiger partial charge is 0.245 e. The van der Waals surface area contributed by atoms with Gasteiger partial charge in [-0.25, -0.2) is 8.78 Å². The number of hydrogen-bond donors (Lipinski definition) is 1. The zero-order valence-corrected chi connectivity index (χ0v) is 6.11. The molecule has 0 aromatic rings. The SMILES string of the molecule is CC(CN)(C(F)F)C1CC1. The summed E-state index contributed by atoms with van der Waals surface area (Å²) in [5, 5.41) is 0. The molecule has 0 aliphatic heterocycles. The van der Waals surface area contributed by atoms with Crippen molar-refractivity contribution >= 4 is 0 Å².